The first-order valence-electron chi connectivity index (χ1n) is 11.4. The van der Waals surface area contributed by atoms with Crippen LogP contribution in [0.4, 0.5) is 0 Å². The molecule has 0 aromatic carbocycles. The molecule has 0 saturated heterocycles. The largest absolute Gasteiger partial charge is 0.468 e. The molecule has 1 heterocycles. The Balaban J connectivity index is 1.71. The first-order chi connectivity index (χ1) is 14.5. The zero-order chi connectivity index (χ0) is 21.8. The third-order valence-corrected chi connectivity index (χ3v) is 5.58. The second kappa shape index (κ2) is 14.0. The summed E-state index contributed by atoms with van der Waals surface area (Å²) in [7, 11) is 0. The third-order valence-electron chi connectivity index (χ3n) is 5.58. The van der Waals surface area contributed by atoms with E-state index in [1.54, 1.807) is 0 Å². The van der Waals surface area contributed by atoms with Crippen molar-refractivity contribution < 1.29 is 19.4 Å². The highest BCUT2D eigenvalue weighted by molar-refractivity contribution is 5.76. The third kappa shape index (κ3) is 8.87. The molecular weight excluding hydrogens is 386 g/mol. The van der Waals surface area contributed by atoms with Gasteiger partial charge in [-0.15, -0.1) is 0 Å². The molecule has 0 unspecified atom stereocenters. The second-order valence-corrected chi connectivity index (χ2v) is 8.28. The minimum absolute atomic E-state index is 0.0508. The number of nitrogens with two attached hydrogens (primary N) is 3. The molecule has 5 atom stereocenters. The highest BCUT2D eigenvalue weighted by Gasteiger charge is 2.38. The lowest BCUT2D eigenvalue weighted by atomic mass is 9.86. The van der Waals surface area contributed by atoms with Crippen molar-refractivity contribution in [2.75, 3.05) is 26.2 Å². The van der Waals surface area contributed by atoms with Gasteiger partial charge in [-0.05, 0) is 64.2 Å². The lowest BCUT2D eigenvalue weighted by Crippen LogP contribution is -2.57. The molecule has 1 aliphatic carbocycles. The molecule has 0 aromatic heterocycles. The smallest absolute Gasteiger partial charge is 0.220 e. The predicted octanol–water partition coefficient (Wildman–Crippen LogP) is -0.184. The number of allylic oxidation sites excluding steroid dienone is 1. The van der Waals surface area contributed by atoms with Crippen LogP contribution in [0, 0.1) is 0 Å². The van der Waals surface area contributed by atoms with Crippen molar-refractivity contribution in [1.29, 1.82) is 0 Å². The number of aliphatic hydroxyl groups excluding tert-OH is 1. The van der Waals surface area contributed by atoms with Gasteiger partial charge >= 0.3 is 0 Å². The highest BCUT2D eigenvalue weighted by Crippen LogP contribution is 2.26. The topological polar surface area (TPSA) is 158 Å². The Morgan fingerprint density at radius 2 is 2.00 bits per heavy atom. The van der Waals surface area contributed by atoms with Crippen molar-refractivity contribution >= 4 is 5.91 Å². The molecule has 0 aromatic rings. The molecule has 0 spiro atoms. The second-order valence-electron chi connectivity index (χ2n) is 8.28. The summed E-state index contributed by atoms with van der Waals surface area (Å²) in [4.78, 5) is 11.9. The molecule has 1 aliphatic heterocycles. The van der Waals surface area contributed by atoms with Gasteiger partial charge in [0.15, 0.2) is 6.29 Å². The predicted molar refractivity (Wildman–Crippen MR) is 116 cm³/mol. The molecule has 1 amide bonds. The highest BCUT2D eigenvalue weighted by atomic mass is 16.7. The van der Waals surface area contributed by atoms with Gasteiger partial charge in [-0.1, -0.05) is 6.42 Å². The van der Waals surface area contributed by atoms with Crippen molar-refractivity contribution in [1.82, 2.24) is 10.6 Å². The number of amides is 1. The normalized spacial score (nSPS) is 29.2. The average molecular weight is 428 g/mol. The number of rotatable bonds is 13. The average Bonchev–Trinajstić information content (AvgIpc) is 2.72. The summed E-state index contributed by atoms with van der Waals surface area (Å²) >= 11 is 0. The van der Waals surface area contributed by atoms with Gasteiger partial charge in [-0.3, -0.25) is 4.79 Å². The fourth-order valence-electron chi connectivity index (χ4n) is 3.97. The maximum absolute atomic E-state index is 11.9. The molecule has 1 saturated carbocycles. The molecule has 30 heavy (non-hydrogen) atoms. The van der Waals surface area contributed by atoms with E-state index in [4.69, 9.17) is 26.7 Å². The van der Waals surface area contributed by atoms with Crippen LogP contribution >= 0.6 is 0 Å². The molecular formula is C21H41N5O4. The summed E-state index contributed by atoms with van der Waals surface area (Å²) in [6.07, 6.45) is 7.33. The number of aliphatic hydroxyl groups is 1. The number of carbonyl (C=O) groups excluding carboxylic acids is 1. The lowest BCUT2D eigenvalue weighted by Gasteiger charge is -2.40. The minimum atomic E-state index is -0.743. The van der Waals surface area contributed by atoms with Crippen molar-refractivity contribution in [3.8, 4) is 0 Å². The van der Waals surface area contributed by atoms with E-state index in [1.807, 2.05) is 0 Å². The van der Waals surface area contributed by atoms with Crippen molar-refractivity contribution in [2.24, 2.45) is 17.2 Å². The Morgan fingerprint density at radius 1 is 1.20 bits per heavy atom. The van der Waals surface area contributed by atoms with Gasteiger partial charge in [0.05, 0.1) is 12.6 Å². The SMILES string of the molecule is NCCCCCNCC1=CCC[C@@H](O[C@H]2[C@H](O)C[C@H](NC(=O)CCCN)C[C@@H]2N)O1. The van der Waals surface area contributed by atoms with Gasteiger partial charge in [-0.25, -0.2) is 0 Å². The van der Waals surface area contributed by atoms with E-state index < -0.39 is 18.5 Å². The van der Waals surface area contributed by atoms with Gasteiger partial charge in [0.1, 0.15) is 11.9 Å². The van der Waals surface area contributed by atoms with Crippen LogP contribution in [0.15, 0.2) is 11.8 Å². The standard InChI is InChI=1S/C21H41N5O4/c22-9-2-1-3-11-25-14-16-6-4-8-20(29-16)30-21-17(24)12-15(13-18(21)27)26-19(28)7-5-10-23/h6,15,17-18,20-21,25,27H,1-5,7-14,22-24H2,(H,26,28)/t15-,17+,18-,20-,21-/m1/s1. The van der Waals surface area contributed by atoms with Crippen LogP contribution in [-0.2, 0) is 14.3 Å². The fraction of sp³-hybridized carbons (Fsp3) is 0.857. The Hall–Kier alpha value is -1.23. The maximum Gasteiger partial charge on any atom is 0.220 e. The fourth-order valence-corrected chi connectivity index (χ4v) is 3.97. The molecule has 174 valence electrons. The first-order valence-corrected chi connectivity index (χ1v) is 11.4. The molecule has 9 nitrogen and oxygen atoms in total. The van der Waals surface area contributed by atoms with Crippen LogP contribution in [-0.4, -0.2) is 67.8 Å². The monoisotopic (exact) mass is 427 g/mol. The van der Waals surface area contributed by atoms with Gasteiger partial charge < -0.3 is 42.4 Å². The van der Waals surface area contributed by atoms with Gasteiger partial charge in [0.25, 0.3) is 0 Å². The quantitative estimate of drug-likeness (QED) is 0.221. The number of unbranched alkanes of at least 4 members (excludes halogenated alkanes) is 2. The Bertz CT molecular complexity index is 522. The first kappa shape index (κ1) is 25.0. The number of hydrogen-bond donors (Lipinski definition) is 6. The Labute approximate surface area is 180 Å². The van der Waals surface area contributed by atoms with Gasteiger partial charge in [-0.2, -0.15) is 0 Å². The minimum Gasteiger partial charge on any atom is -0.468 e. The summed E-state index contributed by atoms with van der Waals surface area (Å²) < 4.78 is 12.0. The summed E-state index contributed by atoms with van der Waals surface area (Å²) in [6, 6.07) is -0.515. The van der Waals surface area contributed by atoms with E-state index in [0.29, 0.717) is 38.8 Å². The van der Waals surface area contributed by atoms with Crippen LogP contribution in [0.25, 0.3) is 0 Å². The summed E-state index contributed by atoms with van der Waals surface area (Å²) in [5.41, 5.74) is 17.2. The molecule has 2 rings (SSSR count). The lowest BCUT2D eigenvalue weighted by molar-refractivity contribution is -0.195. The van der Waals surface area contributed by atoms with Crippen molar-refractivity contribution in [3.05, 3.63) is 11.8 Å². The molecule has 0 bridgehead atoms. The van der Waals surface area contributed by atoms with E-state index >= 15 is 0 Å². The van der Waals surface area contributed by atoms with Crippen LogP contribution in [0.3, 0.4) is 0 Å². The molecule has 0 radical (unpaired) electrons. The molecule has 9 heteroatoms. The maximum atomic E-state index is 11.9. The van der Waals surface area contributed by atoms with Gasteiger partial charge in [0.2, 0.25) is 5.91 Å². The van der Waals surface area contributed by atoms with Crippen LogP contribution < -0.4 is 27.8 Å². The summed E-state index contributed by atoms with van der Waals surface area (Å²) in [5, 5.41) is 16.9. The molecule has 1 fully saturated rings. The van der Waals surface area contributed by atoms with Gasteiger partial charge in [0, 0.05) is 24.9 Å². The van der Waals surface area contributed by atoms with Crippen LogP contribution in [0.1, 0.15) is 57.8 Å². The van der Waals surface area contributed by atoms with E-state index in [9.17, 15) is 9.90 Å². The van der Waals surface area contributed by atoms with E-state index in [2.05, 4.69) is 16.7 Å². The van der Waals surface area contributed by atoms with Crippen LogP contribution in [0.5, 0.6) is 0 Å². The van der Waals surface area contributed by atoms with Crippen molar-refractivity contribution in [2.45, 2.75) is 88.4 Å². The van der Waals surface area contributed by atoms with Crippen molar-refractivity contribution in [3.63, 3.8) is 0 Å². The van der Waals surface area contributed by atoms with E-state index in [0.717, 1.165) is 51.0 Å². The van der Waals surface area contributed by atoms with E-state index in [-0.39, 0.29) is 18.0 Å². The number of nitrogens with one attached hydrogen (secondary N) is 2. The Morgan fingerprint density at radius 3 is 2.73 bits per heavy atom. The van der Waals surface area contributed by atoms with E-state index in [1.165, 1.54) is 0 Å². The Kier molecular flexibility index (Phi) is 11.6. The zero-order valence-electron chi connectivity index (χ0n) is 18.1. The van der Waals surface area contributed by atoms with Crippen LogP contribution in [0.2, 0.25) is 0 Å². The number of ether oxygens (including phenoxy) is 2. The number of hydrogen-bond acceptors (Lipinski definition) is 8. The molecule has 2 aliphatic rings. The zero-order valence-corrected chi connectivity index (χ0v) is 18.1. The summed E-state index contributed by atoms with van der Waals surface area (Å²) in [6.45, 7) is 2.82. The molecule has 9 N–H and O–H groups in total. The summed E-state index contributed by atoms with van der Waals surface area (Å²) in [5.74, 6) is 0.819. The number of carbonyl (C=O) groups is 1.